The van der Waals surface area contributed by atoms with E-state index in [1.54, 1.807) is 0 Å². The zero-order valence-electron chi connectivity index (χ0n) is 18.2. The first-order valence-corrected chi connectivity index (χ1v) is 11.6. The molecule has 2 aromatic heterocycles. The SMILES string of the molecule is C[n+]1ccccc1C(=O)c1ccc(Br)cc1.O=C(c1ccccc1)C(Br)[n+]1ccccc1.[I-].[I-]. The van der Waals surface area contributed by atoms with Crippen molar-refractivity contribution in [1.29, 1.82) is 0 Å². The second kappa shape index (κ2) is 15.5. The van der Waals surface area contributed by atoms with E-state index in [2.05, 4.69) is 31.9 Å². The van der Waals surface area contributed by atoms with E-state index in [1.165, 1.54) is 0 Å². The smallest absolute Gasteiger partial charge is 0.274 e. The molecule has 1 atom stereocenters. The highest BCUT2D eigenvalue weighted by atomic mass is 127. The fraction of sp³-hybridized carbons (Fsp3) is 0.0769. The molecular formula is C26H22Br2I2N2O2. The van der Waals surface area contributed by atoms with Crippen LogP contribution in [0.5, 0.6) is 0 Å². The van der Waals surface area contributed by atoms with Gasteiger partial charge in [0.25, 0.3) is 16.4 Å². The minimum Gasteiger partial charge on any atom is -1.00 e. The van der Waals surface area contributed by atoms with Crippen molar-refractivity contribution in [3.8, 4) is 0 Å². The molecule has 0 aliphatic carbocycles. The number of carbonyl (C=O) groups is 2. The van der Waals surface area contributed by atoms with Gasteiger partial charge in [0.1, 0.15) is 7.05 Å². The molecule has 0 spiro atoms. The van der Waals surface area contributed by atoms with Gasteiger partial charge in [-0.05, 0) is 30.3 Å². The van der Waals surface area contributed by atoms with E-state index in [1.807, 2.05) is 126 Å². The van der Waals surface area contributed by atoms with Gasteiger partial charge in [0, 0.05) is 55.8 Å². The maximum Gasteiger partial charge on any atom is 0.274 e. The molecule has 34 heavy (non-hydrogen) atoms. The van der Waals surface area contributed by atoms with Gasteiger partial charge in [-0.15, -0.1) is 0 Å². The molecule has 8 heteroatoms. The lowest BCUT2D eigenvalue weighted by Gasteiger charge is -2.03. The van der Waals surface area contributed by atoms with Crippen LogP contribution in [0.3, 0.4) is 0 Å². The number of benzene rings is 2. The summed E-state index contributed by atoms with van der Waals surface area (Å²) in [6, 6.07) is 27.9. The summed E-state index contributed by atoms with van der Waals surface area (Å²) in [6.07, 6.45) is 5.59. The van der Waals surface area contributed by atoms with Crippen molar-refractivity contribution < 1.29 is 66.7 Å². The molecule has 0 saturated carbocycles. The van der Waals surface area contributed by atoms with Crippen molar-refractivity contribution in [2.24, 2.45) is 7.05 Å². The number of rotatable bonds is 5. The van der Waals surface area contributed by atoms with E-state index < -0.39 is 0 Å². The molecule has 0 fully saturated rings. The first-order chi connectivity index (χ1) is 15.5. The van der Waals surface area contributed by atoms with Crippen LogP contribution >= 0.6 is 31.9 Å². The lowest BCUT2D eigenvalue weighted by atomic mass is 10.1. The topological polar surface area (TPSA) is 41.9 Å². The van der Waals surface area contributed by atoms with Crippen molar-refractivity contribution >= 4 is 43.4 Å². The van der Waals surface area contributed by atoms with Gasteiger partial charge in [-0.1, -0.05) is 52.3 Å². The Morgan fingerprint density at radius 3 is 1.82 bits per heavy atom. The Morgan fingerprint density at radius 1 is 0.706 bits per heavy atom. The second-order valence-electron chi connectivity index (χ2n) is 6.92. The molecule has 0 N–H and O–H groups in total. The number of aromatic nitrogens is 2. The number of halogens is 4. The zero-order valence-corrected chi connectivity index (χ0v) is 25.7. The first-order valence-electron chi connectivity index (χ1n) is 9.91. The third-order valence-electron chi connectivity index (χ3n) is 4.67. The van der Waals surface area contributed by atoms with Crippen LogP contribution in [0.1, 0.15) is 31.4 Å². The van der Waals surface area contributed by atoms with Crippen LogP contribution in [0.4, 0.5) is 0 Å². The number of hydrogen-bond acceptors (Lipinski definition) is 2. The summed E-state index contributed by atoms with van der Waals surface area (Å²) >= 11 is 6.75. The molecule has 0 bridgehead atoms. The van der Waals surface area contributed by atoms with Crippen molar-refractivity contribution in [1.82, 2.24) is 0 Å². The van der Waals surface area contributed by atoms with Gasteiger partial charge in [-0.3, -0.25) is 9.59 Å². The van der Waals surface area contributed by atoms with Gasteiger partial charge < -0.3 is 48.0 Å². The molecule has 2 aromatic carbocycles. The fourth-order valence-electron chi connectivity index (χ4n) is 2.95. The van der Waals surface area contributed by atoms with Crippen LogP contribution in [0, 0.1) is 0 Å². The van der Waals surface area contributed by atoms with Crippen molar-refractivity contribution in [2.45, 2.75) is 4.95 Å². The molecule has 4 rings (SSSR count). The standard InChI is InChI=1S/2C13H11BrNO.2HI/c1-15-9-3-2-4-12(15)13(16)10-5-7-11(14)8-6-10;14-13(15-9-5-2-6-10-15)12(16)11-7-3-1-4-8-11;;/h2-9H,1H3;1-10,13H;2*1H/q2*+1;;/p-2. The highest BCUT2D eigenvalue weighted by molar-refractivity contribution is 9.10. The lowest BCUT2D eigenvalue weighted by Crippen LogP contribution is -3.00. The summed E-state index contributed by atoms with van der Waals surface area (Å²) in [7, 11) is 1.87. The lowest BCUT2D eigenvalue weighted by molar-refractivity contribution is -0.684. The Hall–Kier alpha value is -1.50. The Morgan fingerprint density at radius 2 is 1.24 bits per heavy atom. The number of alkyl halides is 1. The summed E-state index contributed by atoms with van der Waals surface area (Å²) in [4.78, 5) is 23.9. The van der Waals surface area contributed by atoms with Crippen LogP contribution in [-0.4, -0.2) is 11.6 Å². The van der Waals surface area contributed by atoms with Crippen LogP contribution < -0.4 is 57.1 Å². The van der Waals surface area contributed by atoms with E-state index in [0.29, 0.717) is 16.8 Å². The summed E-state index contributed by atoms with van der Waals surface area (Å²) in [5.41, 5.74) is 2.09. The minimum absolute atomic E-state index is 0. The highest BCUT2D eigenvalue weighted by Gasteiger charge is 2.24. The molecule has 0 radical (unpaired) electrons. The highest BCUT2D eigenvalue weighted by Crippen LogP contribution is 2.15. The number of ketones is 2. The Kier molecular flexibility index (Phi) is 13.9. The van der Waals surface area contributed by atoms with Gasteiger partial charge in [0.15, 0.2) is 18.6 Å². The first kappa shape index (κ1) is 30.5. The fourth-order valence-corrected chi connectivity index (χ4v) is 3.75. The Labute approximate surface area is 250 Å². The molecule has 0 amide bonds. The number of pyridine rings is 2. The normalized spacial score (nSPS) is 10.4. The quantitative estimate of drug-likeness (QED) is 0.116. The molecule has 176 valence electrons. The average Bonchev–Trinajstić information content (AvgIpc) is 2.85. The predicted octanol–water partition coefficient (Wildman–Crippen LogP) is -0.737. The zero-order chi connectivity index (χ0) is 22.9. The number of carbonyl (C=O) groups excluding carboxylic acids is 2. The Balaban J connectivity index is 0.000000321. The summed E-state index contributed by atoms with van der Waals surface area (Å²) < 4.78 is 4.63. The third-order valence-corrected chi connectivity index (χ3v) is 6.09. The van der Waals surface area contributed by atoms with Crippen molar-refractivity contribution in [3.63, 3.8) is 0 Å². The van der Waals surface area contributed by atoms with Crippen LogP contribution in [0.15, 0.2) is 114 Å². The van der Waals surface area contributed by atoms with Gasteiger partial charge in [-0.25, -0.2) is 0 Å². The van der Waals surface area contributed by atoms with E-state index in [-0.39, 0.29) is 64.5 Å². The summed E-state index contributed by atoms with van der Waals surface area (Å²) in [5, 5.41) is 0. The Bertz CT molecular complexity index is 1190. The second-order valence-corrected chi connectivity index (χ2v) is 8.70. The molecule has 4 aromatic rings. The van der Waals surface area contributed by atoms with Crippen molar-refractivity contribution in [2.75, 3.05) is 0 Å². The van der Waals surface area contributed by atoms with Gasteiger partial charge in [-0.2, -0.15) is 9.13 Å². The molecule has 4 nitrogen and oxygen atoms in total. The van der Waals surface area contributed by atoms with Crippen molar-refractivity contribution in [3.05, 3.63) is 131 Å². The maximum atomic E-state index is 12.1. The average molecular weight is 808 g/mol. The number of Topliss-reactive ketones (excluding diaryl/α,β-unsaturated/α-hetero) is 1. The van der Waals surface area contributed by atoms with E-state index in [0.717, 1.165) is 4.47 Å². The monoisotopic (exact) mass is 806 g/mol. The molecule has 1 unspecified atom stereocenters. The van der Waals surface area contributed by atoms with Crippen LogP contribution in [0.25, 0.3) is 0 Å². The third kappa shape index (κ3) is 8.62. The van der Waals surface area contributed by atoms with E-state index in [4.69, 9.17) is 0 Å². The largest absolute Gasteiger partial charge is 1.00 e. The minimum atomic E-state index is -0.351. The van der Waals surface area contributed by atoms with Gasteiger partial charge >= 0.3 is 0 Å². The number of hydrogen-bond donors (Lipinski definition) is 0. The summed E-state index contributed by atoms with van der Waals surface area (Å²) in [5.74, 6) is 0.0902. The predicted molar refractivity (Wildman–Crippen MR) is 131 cm³/mol. The van der Waals surface area contributed by atoms with Gasteiger partial charge in [0.05, 0.1) is 0 Å². The molecule has 0 saturated heterocycles. The van der Waals surface area contributed by atoms with E-state index >= 15 is 0 Å². The van der Waals surface area contributed by atoms with Gasteiger partial charge in [0.2, 0.25) is 5.78 Å². The summed E-state index contributed by atoms with van der Waals surface area (Å²) in [6.45, 7) is 0. The van der Waals surface area contributed by atoms with E-state index in [9.17, 15) is 9.59 Å². The maximum absolute atomic E-state index is 12.1. The van der Waals surface area contributed by atoms with Crippen LogP contribution in [0.2, 0.25) is 0 Å². The molecule has 0 aliphatic rings. The molecule has 2 heterocycles. The van der Waals surface area contributed by atoms with Crippen LogP contribution in [-0.2, 0) is 7.05 Å². The number of nitrogens with zero attached hydrogens (tertiary/aromatic N) is 2. The molecule has 0 aliphatic heterocycles. The molecular weight excluding hydrogens is 786 g/mol. The number of aryl methyl sites for hydroxylation is 1.